The molecule has 0 aliphatic rings. The van der Waals surface area contributed by atoms with E-state index in [9.17, 15) is 10.1 Å². The molecule has 9 heteroatoms. The van der Waals surface area contributed by atoms with Crippen LogP contribution in [0.4, 0.5) is 11.4 Å². The summed E-state index contributed by atoms with van der Waals surface area (Å²) in [6.07, 6.45) is 2.29. The number of rotatable bonds is 5. The van der Waals surface area contributed by atoms with Gasteiger partial charge in [-0.05, 0) is 18.4 Å². The van der Waals surface area contributed by atoms with E-state index in [0.29, 0.717) is 18.2 Å². The Morgan fingerprint density at radius 1 is 1.35 bits per heavy atom. The number of hydrogen-bond acceptors (Lipinski definition) is 6. The van der Waals surface area contributed by atoms with Crippen molar-refractivity contribution in [1.29, 1.82) is 0 Å². The van der Waals surface area contributed by atoms with Crippen molar-refractivity contribution in [3.63, 3.8) is 0 Å². The first-order valence-electron chi connectivity index (χ1n) is 6.98. The van der Waals surface area contributed by atoms with E-state index in [0.717, 1.165) is 17.3 Å². The number of aromatic nitrogens is 1. The molecule has 1 aromatic heterocycles. The minimum absolute atomic E-state index is 0.0301. The van der Waals surface area contributed by atoms with E-state index in [-0.39, 0.29) is 5.69 Å². The molecule has 8 nitrogen and oxygen atoms in total. The van der Waals surface area contributed by atoms with Crippen molar-refractivity contribution in [2.24, 2.45) is 11.1 Å². The molecule has 0 aliphatic carbocycles. The van der Waals surface area contributed by atoms with E-state index in [1.807, 2.05) is 24.3 Å². The van der Waals surface area contributed by atoms with E-state index >= 15 is 0 Å². The first-order valence-corrected chi connectivity index (χ1v) is 8.22. The average Bonchev–Trinajstić information content (AvgIpc) is 2.46. The molecule has 23 heavy (non-hydrogen) atoms. The summed E-state index contributed by atoms with van der Waals surface area (Å²) in [7, 11) is -2.62. The largest absolute Gasteiger partial charge is 0.379 e. The smallest absolute Gasteiger partial charge is 0.311 e. The third-order valence-corrected chi connectivity index (χ3v) is 2.98. The summed E-state index contributed by atoms with van der Waals surface area (Å²) in [5.74, 6) is 0.555. The van der Waals surface area contributed by atoms with Crippen LogP contribution in [-0.4, -0.2) is 24.9 Å². The van der Waals surface area contributed by atoms with Gasteiger partial charge in [0.25, 0.3) is 0 Å². The Balaban J connectivity index is 0.000000593. The third-order valence-electron chi connectivity index (χ3n) is 2.98. The molecule has 0 saturated heterocycles. The highest BCUT2D eigenvalue weighted by Gasteiger charge is 2.17. The fraction of sp³-hybridized carbons (Fsp3) is 0.357. The standard InChI is InChI=1S/C14H17N3O2.H3NO2S/c1-10(2)7-8-15-14-11-5-3-4-6-12(11)16-9-13(14)17(18)19;1-4(2)3/h3-6,9-10H,7-8H2,1-2H3,(H,15,16);4H,(H2,1,2,3). The first kappa shape index (κ1) is 18.8. The number of nitrogens with zero attached hydrogens (tertiary/aromatic N) is 2. The molecule has 0 aliphatic heterocycles. The van der Waals surface area contributed by atoms with Gasteiger partial charge in [-0.1, -0.05) is 32.0 Å². The molecule has 0 saturated carbocycles. The summed E-state index contributed by atoms with van der Waals surface area (Å²) in [6.45, 7) is 4.97. The van der Waals surface area contributed by atoms with Crippen LogP contribution in [0.2, 0.25) is 0 Å². The zero-order valence-corrected chi connectivity index (χ0v) is 13.8. The number of nitrogens with two attached hydrogens (primary N) is 1. The minimum Gasteiger partial charge on any atom is -0.379 e. The van der Waals surface area contributed by atoms with Crippen molar-refractivity contribution in [2.45, 2.75) is 20.3 Å². The normalized spacial score (nSPS) is 10.5. The zero-order chi connectivity index (χ0) is 17.4. The molecule has 1 heterocycles. The lowest BCUT2D eigenvalue weighted by Crippen LogP contribution is -2.07. The van der Waals surface area contributed by atoms with Gasteiger partial charge in [-0.15, -0.1) is 0 Å². The summed E-state index contributed by atoms with van der Waals surface area (Å²) in [5.41, 5.74) is 1.36. The topological polar surface area (TPSA) is 128 Å². The minimum atomic E-state index is -2.62. The summed E-state index contributed by atoms with van der Waals surface area (Å²) < 4.78 is 17.6. The second-order valence-corrected chi connectivity index (χ2v) is 5.76. The summed E-state index contributed by atoms with van der Waals surface area (Å²) in [6, 6.07) is 7.44. The molecule has 126 valence electrons. The fourth-order valence-electron chi connectivity index (χ4n) is 1.94. The Bertz CT molecular complexity index is 739. The molecule has 0 spiro atoms. The van der Waals surface area contributed by atoms with Gasteiger partial charge >= 0.3 is 5.69 Å². The van der Waals surface area contributed by atoms with Gasteiger partial charge in [0.05, 0.1) is 10.4 Å². The molecule has 0 atom stereocenters. The molecule has 0 bridgehead atoms. The third kappa shape index (κ3) is 6.17. The number of thiol groups is 1. The molecule has 2 rings (SSSR count). The second-order valence-electron chi connectivity index (χ2n) is 5.19. The highest BCUT2D eigenvalue weighted by atomic mass is 32.2. The predicted octanol–water partition coefficient (Wildman–Crippen LogP) is 2.07. The van der Waals surface area contributed by atoms with Crippen molar-refractivity contribution < 1.29 is 13.3 Å². The lowest BCUT2D eigenvalue weighted by molar-refractivity contribution is -0.384. The molecule has 2 aromatic rings. The number of anilines is 1. The Morgan fingerprint density at radius 2 is 1.96 bits per heavy atom. The Kier molecular flexibility index (Phi) is 7.36. The van der Waals surface area contributed by atoms with E-state index < -0.39 is 15.8 Å². The highest BCUT2D eigenvalue weighted by molar-refractivity contribution is 7.69. The summed E-state index contributed by atoms with van der Waals surface area (Å²) in [4.78, 5) is 14.8. The number of pyridine rings is 1. The molecule has 0 amide bonds. The molecule has 1 aromatic carbocycles. The first-order chi connectivity index (χ1) is 10.8. The number of benzene rings is 1. The number of nitro groups is 1. The molecule has 3 N–H and O–H groups in total. The maximum absolute atomic E-state index is 11.1. The van der Waals surface area contributed by atoms with E-state index in [1.54, 1.807) is 0 Å². The van der Waals surface area contributed by atoms with Crippen LogP contribution >= 0.6 is 0 Å². The van der Waals surface area contributed by atoms with Gasteiger partial charge in [-0.25, -0.2) is 18.5 Å². The summed E-state index contributed by atoms with van der Waals surface area (Å²) >= 11 is 0. The monoisotopic (exact) mass is 340 g/mol. The van der Waals surface area contributed by atoms with Crippen LogP contribution in [0.5, 0.6) is 0 Å². The van der Waals surface area contributed by atoms with Crippen molar-refractivity contribution in [3.05, 3.63) is 40.6 Å². The summed E-state index contributed by atoms with van der Waals surface area (Å²) in [5, 5.41) is 19.1. The maximum atomic E-state index is 11.1. The lowest BCUT2D eigenvalue weighted by Gasteiger charge is -2.11. The van der Waals surface area contributed by atoms with Gasteiger partial charge in [0.15, 0.2) is 10.9 Å². The second kappa shape index (κ2) is 9.01. The van der Waals surface area contributed by atoms with Crippen LogP contribution in [0.1, 0.15) is 20.3 Å². The van der Waals surface area contributed by atoms with Crippen LogP contribution in [0.15, 0.2) is 30.5 Å². The lowest BCUT2D eigenvalue weighted by atomic mass is 10.1. The Hall–Kier alpha value is -2.26. The van der Waals surface area contributed by atoms with Gasteiger partial charge < -0.3 is 5.32 Å². The number of hydrogen-bond donors (Lipinski definition) is 3. The molecule has 0 fully saturated rings. The van der Waals surface area contributed by atoms with E-state index in [2.05, 4.69) is 29.3 Å². The quantitative estimate of drug-likeness (QED) is 0.434. The zero-order valence-electron chi connectivity index (χ0n) is 12.9. The van der Waals surface area contributed by atoms with Gasteiger partial charge in [-0.2, -0.15) is 0 Å². The van der Waals surface area contributed by atoms with Crippen LogP contribution in [0.3, 0.4) is 0 Å². The van der Waals surface area contributed by atoms with Crippen LogP contribution in [0.25, 0.3) is 10.9 Å². The fourth-order valence-corrected chi connectivity index (χ4v) is 1.94. The van der Waals surface area contributed by atoms with Crippen molar-refractivity contribution >= 4 is 33.2 Å². The number of para-hydroxylation sites is 1. The van der Waals surface area contributed by atoms with Crippen LogP contribution in [-0.2, 0) is 10.9 Å². The predicted molar refractivity (Wildman–Crippen MR) is 90.8 cm³/mol. The van der Waals surface area contributed by atoms with E-state index in [1.165, 1.54) is 6.20 Å². The van der Waals surface area contributed by atoms with Crippen molar-refractivity contribution in [1.82, 2.24) is 4.98 Å². The van der Waals surface area contributed by atoms with Gasteiger partial charge in [-0.3, -0.25) is 10.1 Å². The van der Waals surface area contributed by atoms with Gasteiger partial charge in [0, 0.05) is 11.9 Å². The van der Waals surface area contributed by atoms with Crippen molar-refractivity contribution in [2.75, 3.05) is 11.9 Å². The van der Waals surface area contributed by atoms with Gasteiger partial charge in [0.1, 0.15) is 11.9 Å². The Morgan fingerprint density at radius 3 is 2.52 bits per heavy atom. The molecular formula is C14H20N4O4S. The van der Waals surface area contributed by atoms with E-state index in [4.69, 9.17) is 8.42 Å². The maximum Gasteiger partial charge on any atom is 0.311 e. The SMILES string of the molecule is CC(C)CCNc1c([N+](=O)[O-])cnc2ccccc12.N[SH](=O)=O. The Labute approximate surface area is 135 Å². The average molecular weight is 340 g/mol. The molecule has 0 unspecified atom stereocenters. The van der Waals surface area contributed by atoms with Gasteiger partial charge in [0.2, 0.25) is 0 Å². The number of nitrogens with one attached hydrogen (secondary N) is 1. The van der Waals surface area contributed by atoms with Crippen molar-refractivity contribution in [3.8, 4) is 0 Å². The molecular weight excluding hydrogens is 320 g/mol. The number of fused-ring (bicyclic) bond motifs is 1. The van der Waals surface area contributed by atoms with Crippen LogP contribution in [0, 0.1) is 16.0 Å². The van der Waals surface area contributed by atoms with Crippen LogP contribution < -0.4 is 10.5 Å². The molecule has 0 radical (unpaired) electrons. The highest BCUT2D eigenvalue weighted by Crippen LogP contribution is 2.31.